The number of ether oxygens (including phenoxy) is 1. The molecule has 1 saturated carbocycles. The average Bonchev–Trinajstić information content (AvgIpc) is 2.39. The van der Waals surface area contributed by atoms with E-state index >= 15 is 0 Å². The third kappa shape index (κ3) is 4.65. The van der Waals surface area contributed by atoms with Crippen LogP contribution in [0.5, 0.6) is 0 Å². The van der Waals surface area contributed by atoms with Crippen molar-refractivity contribution < 1.29 is 4.74 Å². The smallest absolute Gasteiger partial charge is 0.105 e. The monoisotopic (exact) mass is 238 g/mol. The molecule has 3 nitrogen and oxygen atoms in total. The molecule has 0 heterocycles. The van der Waals surface area contributed by atoms with E-state index in [1.165, 1.54) is 32.1 Å². The summed E-state index contributed by atoms with van der Waals surface area (Å²) in [5, 5.41) is 12.1. The van der Waals surface area contributed by atoms with Crippen LogP contribution in [0.1, 0.15) is 52.4 Å². The molecule has 0 aliphatic heterocycles. The summed E-state index contributed by atoms with van der Waals surface area (Å²) < 4.78 is 5.92. The first-order valence-electron chi connectivity index (χ1n) is 6.85. The van der Waals surface area contributed by atoms with E-state index in [-0.39, 0.29) is 0 Å². The molecule has 0 radical (unpaired) electrons. The maximum absolute atomic E-state index is 9.03. The fourth-order valence-electron chi connectivity index (χ4n) is 2.43. The predicted octanol–water partition coefficient (Wildman–Crippen LogP) is 2.86. The van der Waals surface area contributed by atoms with Gasteiger partial charge in [-0.3, -0.25) is 0 Å². The Hall–Kier alpha value is -0.590. The van der Waals surface area contributed by atoms with Crippen LogP contribution in [-0.4, -0.2) is 25.3 Å². The minimum Gasteiger partial charge on any atom is -0.378 e. The van der Waals surface area contributed by atoms with Crippen LogP contribution in [0.2, 0.25) is 0 Å². The second kappa shape index (κ2) is 6.98. The zero-order valence-corrected chi connectivity index (χ0v) is 11.5. The molecule has 1 fully saturated rings. The molecule has 98 valence electrons. The van der Waals surface area contributed by atoms with Crippen molar-refractivity contribution in [1.82, 2.24) is 5.32 Å². The third-order valence-corrected chi connectivity index (χ3v) is 4.07. The van der Waals surface area contributed by atoms with Crippen LogP contribution >= 0.6 is 0 Å². The van der Waals surface area contributed by atoms with Crippen LogP contribution in [-0.2, 0) is 4.74 Å². The highest BCUT2D eigenvalue weighted by atomic mass is 16.5. The molecule has 0 amide bonds. The Morgan fingerprint density at radius 3 is 2.82 bits per heavy atom. The van der Waals surface area contributed by atoms with Crippen molar-refractivity contribution in [3.8, 4) is 6.07 Å². The number of rotatable bonds is 6. The van der Waals surface area contributed by atoms with Crippen LogP contribution in [0.3, 0.4) is 0 Å². The fourth-order valence-corrected chi connectivity index (χ4v) is 2.43. The normalized spacial score (nSPS) is 28.4. The van der Waals surface area contributed by atoms with Crippen LogP contribution in [0, 0.1) is 17.2 Å². The molecule has 3 heteroatoms. The second-order valence-corrected chi connectivity index (χ2v) is 5.38. The number of hydrogen-bond donors (Lipinski definition) is 1. The van der Waals surface area contributed by atoms with E-state index in [0.29, 0.717) is 12.7 Å². The number of nitrogens with one attached hydrogen (secondary N) is 1. The minimum atomic E-state index is -0.446. The molecule has 0 aromatic rings. The molecule has 1 aliphatic carbocycles. The Morgan fingerprint density at radius 2 is 2.24 bits per heavy atom. The largest absolute Gasteiger partial charge is 0.378 e. The van der Waals surface area contributed by atoms with Crippen molar-refractivity contribution >= 4 is 0 Å². The first-order valence-corrected chi connectivity index (χ1v) is 6.85. The van der Waals surface area contributed by atoms with Crippen molar-refractivity contribution in [1.29, 1.82) is 5.26 Å². The SMILES string of the molecule is CCC1CCCC(OCCC(C)(C#N)NC)C1. The lowest BCUT2D eigenvalue weighted by Crippen LogP contribution is -2.39. The van der Waals surface area contributed by atoms with Gasteiger partial charge in [-0.25, -0.2) is 0 Å². The van der Waals surface area contributed by atoms with E-state index in [1.807, 2.05) is 14.0 Å². The highest BCUT2D eigenvalue weighted by molar-refractivity contribution is 5.02. The molecule has 3 atom stereocenters. The van der Waals surface area contributed by atoms with Crippen molar-refractivity contribution in [3.63, 3.8) is 0 Å². The van der Waals surface area contributed by atoms with Crippen molar-refractivity contribution in [2.75, 3.05) is 13.7 Å². The lowest BCUT2D eigenvalue weighted by atomic mass is 9.85. The summed E-state index contributed by atoms with van der Waals surface area (Å²) in [5.41, 5.74) is -0.446. The Morgan fingerprint density at radius 1 is 1.47 bits per heavy atom. The molecule has 0 aromatic heterocycles. The van der Waals surface area contributed by atoms with Gasteiger partial charge in [-0.05, 0) is 32.7 Å². The Kier molecular flexibility index (Phi) is 5.94. The second-order valence-electron chi connectivity index (χ2n) is 5.38. The molecule has 0 bridgehead atoms. The van der Waals surface area contributed by atoms with E-state index in [9.17, 15) is 0 Å². The van der Waals surface area contributed by atoms with E-state index in [0.717, 1.165) is 12.3 Å². The Balaban J connectivity index is 2.24. The van der Waals surface area contributed by atoms with Crippen LogP contribution in [0.25, 0.3) is 0 Å². The molecule has 1 aliphatic rings. The van der Waals surface area contributed by atoms with Gasteiger partial charge in [-0.1, -0.05) is 26.2 Å². The standard InChI is InChI=1S/C14H26N2O/c1-4-12-6-5-7-13(10-12)17-9-8-14(2,11-15)16-3/h12-13,16H,4-10H2,1-3H3. The summed E-state index contributed by atoms with van der Waals surface area (Å²) in [4.78, 5) is 0. The zero-order valence-electron chi connectivity index (χ0n) is 11.5. The molecule has 1 rings (SSSR count). The third-order valence-electron chi connectivity index (χ3n) is 4.07. The lowest BCUT2D eigenvalue weighted by molar-refractivity contribution is 0.00635. The summed E-state index contributed by atoms with van der Waals surface area (Å²) in [7, 11) is 1.83. The van der Waals surface area contributed by atoms with Gasteiger partial charge in [0, 0.05) is 13.0 Å². The van der Waals surface area contributed by atoms with E-state index < -0.39 is 5.54 Å². The zero-order chi connectivity index (χ0) is 12.7. The predicted molar refractivity (Wildman–Crippen MR) is 69.7 cm³/mol. The lowest BCUT2D eigenvalue weighted by Gasteiger charge is -2.29. The maximum atomic E-state index is 9.03. The maximum Gasteiger partial charge on any atom is 0.105 e. The quantitative estimate of drug-likeness (QED) is 0.774. The minimum absolute atomic E-state index is 0.425. The van der Waals surface area contributed by atoms with Gasteiger partial charge in [-0.15, -0.1) is 0 Å². The van der Waals surface area contributed by atoms with Gasteiger partial charge in [0.1, 0.15) is 5.54 Å². The molecule has 3 unspecified atom stereocenters. The summed E-state index contributed by atoms with van der Waals surface area (Å²) in [6.07, 6.45) is 7.51. The number of nitrogens with zero attached hydrogens (tertiary/aromatic N) is 1. The van der Waals surface area contributed by atoms with Crippen LogP contribution in [0.15, 0.2) is 0 Å². The van der Waals surface area contributed by atoms with Crippen LogP contribution in [0.4, 0.5) is 0 Å². The van der Waals surface area contributed by atoms with Crippen molar-refractivity contribution in [2.45, 2.75) is 64.0 Å². The molecule has 0 saturated heterocycles. The number of hydrogen-bond acceptors (Lipinski definition) is 3. The highest BCUT2D eigenvalue weighted by Crippen LogP contribution is 2.28. The molecule has 1 N–H and O–H groups in total. The Labute approximate surface area is 106 Å². The van der Waals surface area contributed by atoms with Gasteiger partial charge in [0.25, 0.3) is 0 Å². The van der Waals surface area contributed by atoms with Gasteiger partial charge in [-0.2, -0.15) is 5.26 Å². The van der Waals surface area contributed by atoms with E-state index in [2.05, 4.69) is 18.3 Å². The number of nitriles is 1. The van der Waals surface area contributed by atoms with Gasteiger partial charge >= 0.3 is 0 Å². The van der Waals surface area contributed by atoms with E-state index in [4.69, 9.17) is 10.00 Å². The highest BCUT2D eigenvalue weighted by Gasteiger charge is 2.24. The van der Waals surface area contributed by atoms with Gasteiger partial charge in [0.05, 0.1) is 12.2 Å². The van der Waals surface area contributed by atoms with Crippen molar-refractivity contribution in [2.24, 2.45) is 5.92 Å². The van der Waals surface area contributed by atoms with E-state index in [1.54, 1.807) is 0 Å². The van der Waals surface area contributed by atoms with Gasteiger partial charge in [0.2, 0.25) is 0 Å². The topological polar surface area (TPSA) is 45.0 Å². The van der Waals surface area contributed by atoms with Crippen molar-refractivity contribution in [3.05, 3.63) is 0 Å². The molecular formula is C14H26N2O. The molecular weight excluding hydrogens is 212 g/mol. The average molecular weight is 238 g/mol. The summed E-state index contributed by atoms with van der Waals surface area (Å²) in [6, 6.07) is 2.29. The Bertz CT molecular complexity index is 261. The first kappa shape index (κ1) is 14.5. The van der Waals surface area contributed by atoms with Gasteiger partial charge in [0.15, 0.2) is 0 Å². The van der Waals surface area contributed by atoms with Gasteiger partial charge < -0.3 is 10.1 Å². The molecule has 17 heavy (non-hydrogen) atoms. The fraction of sp³-hybridized carbons (Fsp3) is 0.929. The first-order chi connectivity index (χ1) is 8.13. The summed E-state index contributed by atoms with van der Waals surface area (Å²) >= 11 is 0. The molecule has 0 spiro atoms. The molecule has 0 aromatic carbocycles. The summed E-state index contributed by atoms with van der Waals surface area (Å²) in [5.74, 6) is 0.848. The summed E-state index contributed by atoms with van der Waals surface area (Å²) in [6.45, 7) is 4.87. The van der Waals surface area contributed by atoms with Crippen LogP contribution < -0.4 is 5.32 Å².